The van der Waals surface area contributed by atoms with E-state index in [2.05, 4.69) is 4.98 Å². The van der Waals surface area contributed by atoms with Gasteiger partial charge in [0.15, 0.2) is 5.15 Å². The molecule has 2 heterocycles. The third kappa shape index (κ3) is 1.92. The quantitative estimate of drug-likeness (QED) is 0.731. The van der Waals surface area contributed by atoms with Crippen molar-refractivity contribution < 1.29 is 0 Å². The fourth-order valence-corrected chi connectivity index (χ4v) is 2.85. The topological polar surface area (TPSA) is 38.9 Å². The molecule has 13 heavy (non-hydrogen) atoms. The molecule has 2 rings (SSSR count). The summed E-state index contributed by atoms with van der Waals surface area (Å²) in [6.07, 6.45) is 1.21. The molecule has 70 valence electrons. The van der Waals surface area contributed by atoms with E-state index in [0.717, 1.165) is 11.4 Å². The van der Waals surface area contributed by atoms with Crippen molar-refractivity contribution in [3.63, 3.8) is 0 Å². The standard InChI is InChI=1S/C9H11ClN2S/c10-9-7(11)1-2-8(12-9)6-3-4-13-5-6/h1-2,6H,3-5,11H2. The minimum absolute atomic E-state index is 0.439. The minimum Gasteiger partial charge on any atom is -0.396 e. The molecule has 0 spiro atoms. The van der Waals surface area contributed by atoms with Gasteiger partial charge in [-0.2, -0.15) is 11.8 Å². The Morgan fingerprint density at radius 1 is 1.54 bits per heavy atom. The Morgan fingerprint density at radius 3 is 3.00 bits per heavy atom. The number of hydrogen-bond donors (Lipinski definition) is 1. The molecule has 2 N–H and O–H groups in total. The largest absolute Gasteiger partial charge is 0.396 e. The van der Waals surface area contributed by atoms with Crippen molar-refractivity contribution in [3.05, 3.63) is 23.0 Å². The van der Waals surface area contributed by atoms with E-state index in [-0.39, 0.29) is 0 Å². The number of nitrogens with zero attached hydrogens (tertiary/aromatic N) is 1. The van der Waals surface area contributed by atoms with E-state index < -0.39 is 0 Å². The fraction of sp³-hybridized carbons (Fsp3) is 0.444. The Bertz CT molecular complexity index is 310. The van der Waals surface area contributed by atoms with Gasteiger partial charge in [0.2, 0.25) is 0 Å². The monoisotopic (exact) mass is 214 g/mol. The summed E-state index contributed by atoms with van der Waals surface area (Å²) in [7, 11) is 0. The average molecular weight is 215 g/mol. The van der Waals surface area contributed by atoms with Gasteiger partial charge >= 0.3 is 0 Å². The number of nitrogen functional groups attached to an aromatic ring is 1. The number of nitrogens with two attached hydrogens (primary N) is 1. The number of thioether (sulfide) groups is 1. The van der Waals surface area contributed by atoms with Gasteiger partial charge in [0.05, 0.1) is 5.69 Å². The van der Waals surface area contributed by atoms with Crippen LogP contribution in [0.3, 0.4) is 0 Å². The van der Waals surface area contributed by atoms with Crippen LogP contribution < -0.4 is 5.73 Å². The average Bonchev–Trinajstić information content (AvgIpc) is 2.62. The molecule has 0 aliphatic carbocycles. The summed E-state index contributed by atoms with van der Waals surface area (Å²) in [4.78, 5) is 4.28. The van der Waals surface area contributed by atoms with Crippen LogP contribution >= 0.6 is 23.4 Å². The fourth-order valence-electron chi connectivity index (χ4n) is 1.45. The Labute approximate surface area is 86.9 Å². The predicted octanol–water partition coefficient (Wildman–Crippen LogP) is 2.54. The van der Waals surface area contributed by atoms with Crippen LogP contribution in [0.15, 0.2) is 12.1 Å². The van der Waals surface area contributed by atoms with Crippen molar-refractivity contribution >= 4 is 29.1 Å². The summed E-state index contributed by atoms with van der Waals surface area (Å²) in [6.45, 7) is 0. The maximum Gasteiger partial charge on any atom is 0.152 e. The Morgan fingerprint density at radius 2 is 2.38 bits per heavy atom. The Hall–Kier alpha value is -0.410. The van der Waals surface area contributed by atoms with Crippen LogP contribution in [0.25, 0.3) is 0 Å². The smallest absolute Gasteiger partial charge is 0.152 e. The van der Waals surface area contributed by atoms with E-state index in [1.165, 1.54) is 12.2 Å². The van der Waals surface area contributed by atoms with Gasteiger partial charge in [-0.25, -0.2) is 4.98 Å². The number of rotatable bonds is 1. The van der Waals surface area contributed by atoms with Gasteiger partial charge < -0.3 is 5.73 Å². The Balaban J connectivity index is 2.25. The van der Waals surface area contributed by atoms with Crippen molar-refractivity contribution in [1.82, 2.24) is 4.98 Å². The zero-order chi connectivity index (χ0) is 9.26. The van der Waals surface area contributed by atoms with Crippen LogP contribution in [0.4, 0.5) is 5.69 Å². The summed E-state index contributed by atoms with van der Waals surface area (Å²) in [5.41, 5.74) is 7.24. The lowest BCUT2D eigenvalue weighted by molar-refractivity contribution is 0.752. The molecule has 0 bridgehead atoms. The van der Waals surface area contributed by atoms with E-state index >= 15 is 0 Å². The highest BCUT2D eigenvalue weighted by atomic mass is 35.5. The molecule has 1 aromatic rings. The maximum absolute atomic E-state index is 5.85. The number of halogens is 1. The first kappa shape index (κ1) is 9.16. The van der Waals surface area contributed by atoms with Crippen LogP contribution in [0.1, 0.15) is 18.0 Å². The molecule has 0 saturated carbocycles. The first-order valence-electron chi connectivity index (χ1n) is 4.27. The molecule has 1 aromatic heterocycles. The molecule has 0 aromatic carbocycles. The molecule has 1 aliphatic rings. The molecular weight excluding hydrogens is 204 g/mol. The molecular formula is C9H11ClN2S. The van der Waals surface area contributed by atoms with E-state index in [1.54, 1.807) is 0 Å². The maximum atomic E-state index is 5.85. The minimum atomic E-state index is 0.439. The summed E-state index contributed by atoms with van der Waals surface area (Å²) >= 11 is 7.82. The number of anilines is 1. The third-order valence-electron chi connectivity index (χ3n) is 2.25. The van der Waals surface area contributed by atoms with Gasteiger partial charge in [-0.1, -0.05) is 11.6 Å². The molecule has 0 amide bonds. The summed E-state index contributed by atoms with van der Waals surface area (Å²) < 4.78 is 0. The second-order valence-corrected chi connectivity index (χ2v) is 4.68. The van der Waals surface area contributed by atoms with Crippen molar-refractivity contribution in [3.8, 4) is 0 Å². The second-order valence-electron chi connectivity index (χ2n) is 3.18. The van der Waals surface area contributed by atoms with Gasteiger partial charge in [0.25, 0.3) is 0 Å². The van der Waals surface area contributed by atoms with E-state index in [4.69, 9.17) is 17.3 Å². The molecule has 1 saturated heterocycles. The van der Waals surface area contributed by atoms with E-state index in [9.17, 15) is 0 Å². The van der Waals surface area contributed by atoms with Crippen LogP contribution in [-0.4, -0.2) is 16.5 Å². The van der Waals surface area contributed by atoms with Crippen molar-refractivity contribution in [2.45, 2.75) is 12.3 Å². The highest BCUT2D eigenvalue weighted by Crippen LogP contribution is 2.32. The van der Waals surface area contributed by atoms with Gasteiger partial charge in [-0.15, -0.1) is 0 Å². The normalized spacial score (nSPS) is 22.1. The summed E-state index contributed by atoms with van der Waals surface area (Å²) in [5, 5.41) is 0.439. The first-order chi connectivity index (χ1) is 6.27. The van der Waals surface area contributed by atoms with E-state index in [1.807, 2.05) is 23.9 Å². The van der Waals surface area contributed by atoms with Gasteiger partial charge in [-0.05, 0) is 24.3 Å². The number of aromatic nitrogens is 1. The summed E-state index contributed by atoms with van der Waals surface area (Å²) in [5.74, 6) is 2.96. The lowest BCUT2D eigenvalue weighted by Crippen LogP contribution is -2.01. The van der Waals surface area contributed by atoms with Crippen molar-refractivity contribution in [2.75, 3.05) is 17.2 Å². The molecule has 1 aliphatic heterocycles. The van der Waals surface area contributed by atoms with Crippen LogP contribution in [0.5, 0.6) is 0 Å². The zero-order valence-electron chi connectivity index (χ0n) is 7.16. The van der Waals surface area contributed by atoms with Crippen LogP contribution in [0.2, 0.25) is 5.15 Å². The first-order valence-corrected chi connectivity index (χ1v) is 5.80. The number of pyridine rings is 1. The zero-order valence-corrected chi connectivity index (χ0v) is 8.74. The van der Waals surface area contributed by atoms with Crippen LogP contribution in [0, 0.1) is 0 Å². The van der Waals surface area contributed by atoms with Crippen molar-refractivity contribution in [1.29, 1.82) is 0 Å². The van der Waals surface area contributed by atoms with Crippen LogP contribution in [-0.2, 0) is 0 Å². The van der Waals surface area contributed by atoms with E-state index in [0.29, 0.717) is 16.8 Å². The molecule has 1 fully saturated rings. The molecule has 1 atom stereocenters. The Kier molecular flexibility index (Phi) is 2.65. The highest BCUT2D eigenvalue weighted by Gasteiger charge is 2.19. The molecule has 1 unspecified atom stereocenters. The molecule has 4 heteroatoms. The van der Waals surface area contributed by atoms with Gasteiger partial charge in [-0.3, -0.25) is 0 Å². The SMILES string of the molecule is Nc1ccc(C2CCSC2)nc1Cl. The lowest BCUT2D eigenvalue weighted by Gasteiger charge is -2.08. The summed E-state index contributed by atoms with van der Waals surface area (Å²) in [6, 6.07) is 3.82. The van der Waals surface area contributed by atoms with Gasteiger partial charge in [0.1, 0.15) is 0 Å². The third-order valence-corrected chi connectivity index (χ3v) is 3.71. The van der Waals surface area contributed by atoms with Crippen molar-refractivity contribution in [2.24, 2.45) is 0 Å². The second kappa shape index (κ2) is 3.76. The lowest BCUT2D eigenvalue weighted by atomic mass is 10.0. The number of hydrogen-bond acceptors (Lipinski definition) is 3. The highest BCUT2D eigenvalue weighted by molar-refractivity contribution is 7.99. The van der Waals surface area contributed by atoms with Gasteiger partial charge in [0, 0.05) is 17.4 Å². The molecule has 2 nitrogen and oxygen atoms in total. The molecule has 0 radical (unpaired) electrons. The predicted molar refractivity (Wildman–Crippen MR) is 58.3 cm³/mol.